The summed E-state index contributed by atoms with van der Waals surface area (Å²) in [7, 11) is 0. The van der Waals surface area contributed by atoms with Crippen molar-refractivity contribution in [2.75, 3.05) is 32.8 Å². The van der Waals surface area contributed by atoms with E-state index in [4.69, 9.17) is 45.0 Å². The van der Waals surface area contributed by atoms with Crippen molar-refractivity contribution >= 4 is 34.8 Å². The summed E-state index contributed by atoms with van der Waals surface area (Å²) in [6, 6.07) is 5.18. The molecule has 0 aliphatic heterocycles. The number of aliphatic hydroxyl groups is 2. The summed E-state index contributed by atoms with van der Waals surface area (Å²) in [6.45, 7) is 1.49. The first kappa shape index (κ1) is 16.0. The molecule has 6 heteroatoms. The van der Waals surface area contributed by atoms with Crippen LogP contribution in [0.5, 0.6) is 0 Å². The van der Waals surface area contributed by atoms with Gasteiger partial charge in [0.1, 0.15) is 0 Å². The van der Waals surface area contributed by atoms with Crippen LogP contribution < -0.4 is 0 Å². The van der Waals surface area contributed by atoms with Gasteiger partial charge in [0.2, 0.25) is 0 Å². The highest BCUT2D eigenvalue weighted by atomic mass is 35.5. The summed E-state index contributed by atoms with van der Waals surface area (Å²) in [5, 5.41) is 18.6. The molecule has 1 atom stereocenters. The molecule has 0 saturated heterocycles. The fourth-order valence-corrected chi connectivity index (χ4v) is 2.64. The lowest BCUT2D eigenvalue weighted by Crippen LogP contribution is -2.32. The second-order valence-electron chi connectivity index (χ2n) is 3.88. The van der Waals surface area contributed by atoms with Gasteiger partial charge in [0, 0.05) is 29.7 Å². The van der Waals surface area contributed by atoms with Gasteiger partial charge in [-0.15, -0.1) is 11.6 Å². The third kappa shape index (κ3) is 4.92. The number of rotatable bonds is 7. The molecule has 0 aromatic heterocycles. The molecular weight excluding hydrogens is 296 g/mol. The fraction of sp³-hybridized carbons (Fsp3) is 0.500. The minimum absolute atomic E-state index is 0.0258. The maximum Gasteiger partial charge on any atom is 0.0726 e. The molecule has 1 rings (SSSR count). The summed E-state index contributed by atoms with van der Waals surface area (Å²) >= 11 is 18.2. The molecule has 0 bridgehead atoms. The first-order valence-corrected chi connectivity index (χ1v) is 6.80. The SMILES string of the molecule is OCCN(CCO)CC(Cl)c1ccc(Cl)cc1Cl. The predicted molar refractivity (Wildman–Crippen MR) is 75.7 cm³/mol. The summed E-state index contributed by atoms with van der Waals surface area (Å²) in [5.41, 5.74) is 0.795. The van der Waals surface area contributed by atoms with Gasteiger partial charge in [-0.3, -0.25) is 4.90 Å². The number of benzene rings is 1. The van der Waals surface area contributed by atoms with Crippen molar-refractivity contribution in [3.63, 3.8) is 0 Å². The Labute approximate surface area is 122 Å². The van der Waals surface area contributed by atoms with Crippen molar-refractivity contribution in [3.8, 4) is 0 Å². The third-order valence-corrected chi connectivity index (χ3v) is 3.49. The van der Waals surface area contributed by atoms with E-state index in [9.17, 15) is 0 Å². The molecule has 102 valence electrons. The van der Waals surface area contributed by atoms with Crippen molar-refractivity contribution in [1.82, 2.24) is 4.90 Å². The molecule has 1 aromatic carbocycles. The van der Waals surface area contributed by atoms with E-state index in [0.717, 1.165) is 5.56 Å². The predicted octanol–water partition coefficient (Wildman–Crippen LogP) is 2.56. The minimum Gasteiger partial charge on any atom is -0.395 e. The molecule has 0 radical (unpaired) electrons. The molecule has 2 N–H and O–H groups in total. The number of hydrogen-bond donors (Lipinski definition) is 2. The molecule has 1 unspecified atom stereocenters. The zero-order valence-electron chi connectivity index (χ0n) is 9.82. The van der Waals surface area contributed by atoms with Crippen LogP contribution in [0.15, 0.2) is 18.2 Å². The van der Waals surface area contributed by atoms with E-state index in [0.29, 0.717) is 29.7 Å². The van der Waals surface area contributed by atoms with E-state index in [1.807, 2.05) is 4.90 Å². The Morgan fingerprint density at radius 2 is 1.72 bits per heavy atom. The van der Waals surface area contributed by atoms with Crippen molar-refractivity contribution < 1.29 is 10.2 Å². The van der Waals surface area contributed by atoms with Crippen LogP contribution >= 0.6 is 34.8 Å². The van der Waals surface area contributed by atoms with E-state index in [1.165, 1.54) is 0 Å². The van der Waals surface area contributed by atoms with Gasteiger partial charge < -0.3 is 10.2 Å². The number of halogens is 3. The quantitative estimate of drug-likeness (QED) is 0.761. The van der Waals surface area contributed by atoms with Gasteiger partial charge in [-0.05, 0) is 17.7 Å². The van der Waals surface area contributed by atoms with Crippen LogP contribution in [0.3, 0.4) is 0 Å². The van der Waals surface area contributed by atoms with Crippen LogP contribution in [0.25, 0.3) is 0 Å². The van der Waals surface area contributed by atoms with Crippen LogP contribution in [0.1, 0.15) is 10.9 Å². The van der Waals surface area contributed by atoms with Gasteiger partial charge in [-0.2, -0.15) is 0 Å². The second-order valence-corrected chi connectivity index (χ2v) is 5.25. The van der Waals surface area contributed by atoms with Crippen molar-refractivity contribution in [2.45, 2.75) is 5.38 Å². The van der Waals surface area contributed by atoms with Crippen molar-refractivity contribution in [3.05, 3.63) is 33.8 Å². The van der Waals surface area contributed by atoms with Gasteiger partial charge >= 0.3 is 0 Å². The number of nitrogens with zero attached hydrogens (tertiary/aromatic N) is 1. The van der Waals surface area contributed by atoms with Crippen molar-refractivity contribution in [2.24, 2.45) is 0 Å². The van der Waals surface area contributed by atoms with E-state index in [2.05, 4.69) is 0 Å². The minimum atomic E-state index is -0.312. The molecule has 0 aliphatic carbocycles. The Morgan fingerprint density at radius 1 is 1.11 bits per heavy atom. The Hall–Kier alpha value is -0.0300. The smallest absolute Gasteiger partial charge is 0.0726 e. The van der Waals surface area contributed by atoms with E-state index < -0.39 is 0 Å². The first-order valence-electron chi connectivity index (χ1n) is 5.61. The molecule has 0 heterocycles. The monoisotopic (exact) mass is 311 g/mol. The van der Waals surface area contributed by atoms with Crippen LogP contribution in [0.4, 0.5) is 0 Å². The Kier molecular flexibility index (Phi) is 7.30. The third-order valence-electron chi connectivity index (χ3n) is 2.55. The average molecular weight is 313 g/mol. The molecule has 0 amide bonds. The van der Waals surface area contributed by atoms with Gasteiger partial charge in [-0.25, -0.2) is 0 Å². The van der Waals surface area contributed by atoms with E-state index in [1.54, 1.807) is 18.2 Å². The van der Waals surface area contributed by atoms with E-state index in [-0.39, 0.29) is 18.6 Å². The Balaban J connectivity index is 2.70. The fourth-order valence-electron chi connectivity index (χ4n) is 1.66. The lowest BCUT2D eigenvalue weighted by atomic mass is 10.1. The zero-order valence-corrected chi connectivity index (χ0v) is 12.1. The summed E-state index contributed by atoms with van der Waals surface area (Å²) in [5.74, 6) is 0. The summed E-state index contributed by atoms with van der Waals surface area (Å²) in [4.78, 5) is 1.88. The van der Waals surface area contributed by atoms with Crippen LogP contribution in [-0.4, -0.2) is 48.0 Å². The molecule has 0 spiro atoms. The lowest BCUT2D eigenvalue weighted by Gasteiger charge is -2.23. The molecule has 0 aliphatic rings. The maximum atomic E-state index is 8.93. The second kappa shape index (κ2) is 8.20. The highest BCUT2D eigenvalue weighted by Gasteiger charge is 2.16. The van der Waals surface area contributed by atoms with E-state index >= 15 is 0 Å². The number of hydrogen-bond acceptors (Lipinski definition) is 3. The van der Waals surface area contributed by atoms with Crippen LogP contribution in [0, 0.1) is 0 Å². The molecule has 3 nitrogen and oxygen atoms in total. The molecule has 0 saturated carbocycles. The maximum absolute atomic E-state index is 8.93. The van der Waals surface area contributed by atoms with Gasteiger partial charge in [0.25, 0.3) is 0 Å². The highest BCUT2D eigenvalue weighted by molar-refractivity contribution is 6.35. The Bertz CT molecular complexity index is 370. The zero-order chi connectivity index (χ0) is 13.5. The molecule has 1 aromatic rings. The topological polar surface area (TPSA) is 43.7 Å². The summed E-state index contributed by atoms with van der Waals surface area (Å²) in [6.07, 6.45) is 0. The number of alkyl halides is 1. The molecule has 18 heavy (non-hydrogen) atoms. The van der Waals surface area contributed by atoms with Crippen molar-refractivity contribution in [1.29, 1.82) is 0 Å². The number of aliphatic hydroxyl groups excluding tert-OH is 2. The largest absolute Gasteiger partial charge is 0.395 e. The lowest BCUT2D eigenvalue weighted by molar-refractivity contribution is 0.161. The molecule has 0 fully saturated rings. The Morgan fingerprint density at radius 3 is 2.22 bits per heavy atom. The normalized spacial score (nSPS) is 13.0. The molecular formula is C12H16Cl3NO2. The van der Waals surface area contributed by atoms with Gasteiger partial charge in [-0.1, -0.05) is 29.3 Å². The summed E-state index contributed by atoms with van der Waals surface area (Å²) < 4.78 is 0. The van der Waals surface area contributed by atoms with Crippen LogP contribution in [-0.2, 0) is 0 Å². The average Bonchev–Trinajstić information content (AvgIpc) is 2.29. The van der Waals surface area contributed by atoms with Crippen LogP contribution in [0.2, 0.25) is 10.0 Å². The van der Waals surface area contributed by atoms with Gasteiger partial charge in [0.05, 0.1) is 18.6 Å². The highest BCUT2D eigenvalue weighted by Crippen LogP contribution is 2.30. The van der Waals surface area contributed by atoms with Gasteiger partial charge in [0.15, 0.2) is 0 Å². The standard InChI is InChI=1S/C12H16Cl3NO2/c13-9-1-2-10(11(14)7-9)12(15)8-16(3-5-17)4-6-18/h1-2,7,12,17-18H,3-6,8H2. The first-order chi connectivity index (χ1) is 8.58.